The summed E-state index contributed by atoms with van der Waals surface area (Å²) in [6, 6.07) is 0.454. The van der Waals surface area contributed by atoms with Crippen molar-refractivity contribution >= 4 is 22.8 Å². The van der Waals surface area contributed by atoms with Crippen LogP contribution in [0, 0.1) is 5.92 Å². The molecule has 1 unspecified atom stereocenters. The van der Waals surface area contributed by atoms with Crippen molar-refractivity contribution in [3.8, 4) is 0 Å². The smallest absolute Gasteiger partial charge is 0.234 e. The molecule has 2 aliphatic heterocycles. The maximum atomic E-state index is 12.2. The second kappa shape index (κ2) is 10.1. The van der Waals surface area contributed by atoms with Crippen LogP contribution in [0.3, 0.4) is 0 Å². The van der Waals surface area contributed by atoms with Crippen LogP contribution in [-0.4, -0.2) is 63.3 Å². The van der Waals surface area contributed by atoms with Gasteiger partial charge in [-0.1, -0.05) is 34.6 Å². The first-order chi connectivity index (χ1) is 11.4. The molecule has 24 heavy (non-hydrogen) atoms. The van der Waals surface area contributed by atoms with Crippen molar-refractivity contribution in [3.05, 3.63) is 0 Å². The predicted molar refractivity (Wildman–Crippen MR) is 97.7 cm³/mol. The number of hydrogen-bond donors (Lipinski definition) is 1. The molecule has 6 nitrogen and oxygen atoms in total. The Morgan fingerprint density at radius 2 is 1.71 bits per heavy atom. The van der Waals surface area contributed by atoms with Crippen LogP contribution in [-0.2, 0) is 20.6 Å². The van der Waals surface area contributed by atoms with Gasteiger partial charge in [-0.25, -0.2) is 4.21 Å². The van der Waals surface area contributed by atoms with Gasteiger partial charge in [-0.05, 0) is 25.9 Å². The number of carbonyl (C=O) groups is 2. The summed E-state index contributed by atoms with van der Waals surface area (Å²) in [7, 11) is -1.28. The van der Waals surface area contributed by atoms with Gasteiger partial charge in [0.15, 0.2) is 0 Å². The maximum absolute atomic E-state index is 12.2. The zero-order valence-corrected chi connectivity index (χ0v) is 16.5. The third-order valence-corrected chi connectivity index (χ3v) is 6.02. The molecule has 140 valence electrons. The first kappa shape index (κ1) is 21.1. The van der Waals surface area contributed by atoms with Crippen molar-refractivity contribution in [2.45, 2.75) is 65.2 Å². The molecule has 2 saturated heterocycles. The Balaban J connectivity index is 0.00000139. The van der Waals surface area contributed by atoms with Gasteiger partial charge in [0, 0.05) is 31.5 Å². The molecule has 2 fully saturated rings. The average Bonchev–Trinajstić information content (AvgIpc) is 2.55. The molecule has 0 saturated carbocycles. The normalized spacial score (nSPS) is 20.8. The Labute approximate surface area is 148 Å². The minimum absolute atomic E-state index is 0.0485. The highest BCUT2D eigenvalue weighted by Gasteiger charge is 2.36. The number of rotatable bonds is 5. The minimum Gasteiger partial charge on any atom is -0.339 e. The molecule has 0 radical (unpaired) electrons. The monoisotopic (exact) mass is 359 g/mol. The molecule has 0 aromatic carbocycles. The lowest BCUT2D eigenvalue weighted by Crippen LogP contribution is -2.62. The van der Waals surface area contributed by atoms with E-state index in [9.17, 15) is 13.8 Å². The lowest BCUT2D eigenvalue weighted by atomic mass is 10.0. The number of carbonyl (C=O) groups excluding carboxylic acids is 2. The number of likely N-dealkylation sites (tertiary alicyclic amines) is 2. The van der Waals surface area contributed by atoms with Crippen LogP contribution in [0.25, 0.3) is 0 Å². The highest BCUT2D eigenvalue weighted by molar-refractivity contribution is 7.84. The fourth-order valence-electron chi connectivity index (χ4n) is 2.87. The predicted octanol–water partition coefficient (Wildman–Crippen LogP) is 1.53. The number of amides is 2. The summed E-state index contributed by atoms with van der Waals surface area (Å²) >= 11 is 0. The van der Waals surface area contributed by atoms with Crippen molar-refractivity contribution < 1.29 is 13.8 Å². The second-order valence-electron chi connectivity index (χ2n) is 6.46. The van der Waals surface area contributed by atoms with Gasteiger partial charge in [0.2, 0.25) is 11.8 Å². The van der Waals surface area contributed by atoms with Crippen LogP contribution in [0.1, 0.15) is 53.9 Å². The van der Waals surface area contributed by atoms with Gasteiger partial charge in [-0.2, -0.15) is 0 Å². The van der Waals surface area contributed by atoms with Crippen molar-refractivity contribution in [1.29, 1.82) is 0 Å². The summed E-state index contributed by atoms with van der Waals surface area (Å²) in [6.07, 6.45) is 2.25. The van der Waals surface area contributed by atoms with Crippen molar-refractivity contribution in [2.75, 3.05) is 26.2 Å². The maximum Gasteiger partial charge on any atom is 0.234 e. The molecule has 2 aliphatic rings. The molecule has 0 aliphatic carbocycles. The standard InChI is InChI=1S/C15H27N3O3S.C2H6/c1-4-14(19)18-9-12(10-18)17-7-5-13(6-8-17)22(21)16-15(20)11(2)3;1-2/h11-13H,4-10H2,1-3H3,(H,16,20);1-2H3. The summed E-state index contributed by atoms with van der Waals surface area (Å²) in [5, 5.41) is 0.0485. The first-order valence-electron chi connectivity index (χ1n) is 9.15. The van der Waals surface area contributed by atoms with Crippen LogP contribution >= 0.6 is 0 Å². The molecule has 0 aromatic heterocycles. The zero-order chi connectivity index (χ0) is 18.3. The minimum atomic E-state index is -1.28. The molecule has 2 rings (SSSR count). The number of nitrogens with one attached hydrogen (secondary N) is 1. The van der Waals surface area contributed by atoms with Gasteiger partial charge in [0.25, 0.3) is 0 Å². The van der Waals surface area contributed by atoms with Crippen molar-refractivity contribution in [2.24, 2.45) is 5.92 Å². The number of piperidine rings is 1. The van der Waals surface area contributed by atoms with E-state index in [4.69, 9.17) is 0 Å². The highest BCUT2D eigenvalue weighted by Crippen LogP contribution is 2.22. The van der Waals surface area contributed by atoms with Gasteiger partial charge in [-0.15, -0.1) is 0 Å². The molecule has 0 spiro atoms. The van der Waals surface area contributed by atoms with Crippen LogP contribution in [0.15, 0.2) is 0 Å². The van der Waals surface area contributed by atoms with E-state index >= 15 is 0 Å². The quantitative estimate of drug-likeness (QED) is 0.808. The summed E-state index contributed by atoms with van der Waals surface area (Å²) in [5.74, 6) is -0.0572. The van der Waals surface area contributed by atoms with E-state index in [0.29, 0.717) is 12.5 Å². The molecule has 2 amide bonds. The van der Waals surface area contributed by atoms with Crippen LogP contribution in [0.2, 0.25) is 0 Å². The van der Waals surface area contributed by atoms with Gasteiger partial charge < -0.3 is 4.90 Å². The Morgan fingerprint density at radius 1 is 1.17 bits per heavy atom. The van der Waals surface area contributed by atoms with E-state index in [1.54, 1.807) is 13.8 Å². The summed E-state index contributed by atoms with van der Waals surface area (Å²) in [4.78, 5) is 27.4. The van der Waals surface area contributed by atoms with Crippen LogP contribution < -0.4 is 4.72 Å². The topological polar surface area (TPSA) is 69.7 Å². The van der Waals surface area contributed by atoms with Gasteiger partial charge >= 0.3 is 0 Å². The lowest BCUT2D eigenvalue weighted by molar-refractivity contribution is -0.138. The SMILES string of the molecule is CC.CCC(=O)N1CC(N2CCC(S(=O)NC(=O)C(C)C)CC2)C1. The second-order valence-corrected chi connectivity index (χ2v) is 7.93. The molecule has 1 atom stereocenters. The molecular formula is C17H33N3O3S. The fourth-order valence-corrected chi connectivity index (χ4v) is 4.11. The molecule has 1 N–H and O–H groups in total. The third kappa shape index (κ3) is 5.55. The van der Waals surface area contributed by atoms with E-state index in [1.165, 1.54) is 0 Å². The summed E-state index contributed by atoms with van der Waals surface area (Å²) in [5.41, 5.74) is 0. The van der Waals surface area contributed by atoms with E-state index < -0.39 is 11.0 Å². The highest BCUT2D eigenvalue weighted by atomic mass is 32.2. The Morgan fingerprint density at radius 3 is 2.17 bits per heavy atom. The molecule has 0 bridgehead atoms. The Kier molecular flexibility index (Phi) is 8.91. The van der Waals surface area contributed by atoms with E-state index in [-0.39, 0.29) is 23.0 Å². The van der Waals surface area contributed by atoms with Crippen molar-refractivity contribution in [1.82, 2.24) is 14.5 Å². The molecular weight excluding hydrogens is 326 g/mol. The molecule has 2 heterocycles. The van der Waals surface area contributed by atoms with Gasteiger partial charge in [0.1, 0.15) is 11.0 Å². The average molecular weight is 360 g/mol. The van der Waals surface area contributed by atoms with Gasteiger partial charge in [-0.3, -0.25) is 19.2 Å². The Hall–Kier alpha value is -0.950. The number of nitrogens with zero attached hydrogens (tertiary/aromatic N) is 2. The summed E-state index contributed by atoms with van der Waals surface area (Å²) < 4.78 is 14.8. The van der Waals surface area contributed by atoms with Crippen molar-refractivity contribution in [3.63, 3.8) is 0 Å². The van der Waals surface area contributed by atoms with Gasteiger partial charge in [0.05, 0.1) is 5.25 Å². The first-order valence-corrected chi connectivity index (χ1v) is 10.4. The number of hydrogen-bond acceptors (Lipinski definition) is 4. The molecule has 7 heteroatoms. The van der Waals surface area contributed by atoms with E-state index in [0.717, 1.165) is 39.0 Å². The zero-order valence-electron chi connectivity index (χ0n) is 15.7. The largest absolute Gasteiger partial charge is 0.339 e. The summed E-state index contributed by atoms with van der Waals surface area (Å²) in [6.45, 7) is 12.9. The lowest BCUT2D eigenvalue weighted by Gasteiger charge is -2.47. The third-order valence-electron chi connectivity index (χ3n) is 4.54. The van der Waals surface area contributed by atoms with Crippen LogP contribution in [0.4, 0.5) is 0 Å². The Bertz CT molecular complexity index is 442. The van der Waals surface area contributed by atoms with E-state index in [1.807, 2.05) is 25.7 Å². The van der Waals surface area contributed by atoms with Crippen LogP contribution in [0.5, 0.6) is 0 Å². The molecule has 0 aromatic rings. The van der Waals surface area contributed by atoms with E-state index in [2.05, 4.69) is 9.62 Å². The fraction of sp³-hybridized carbons (Fsp3) is 0.882.